The summed E-state index contributed by atoms with van der Waals surface area (Å²) in [5, 5.41) is 6.10. The Morgan fingerprint density at radius 3 is 2.57 bits per heavy atom. The van der Waals surface area contributed by atoms with Crippen LogP contribution in [0.5, 0.6) is 0 Å². The van der Waals surface area contributed by atoms with E-state index in [1.165, 1.54) is 17.7 Å². The molecule has 5 heteroatoms. The Labute approximate surface area is 144 Å². The molecule has 2 aromatic rings. The predicted octanol–water partition coefficient (Wildman–Crippen LogP) is 4.06. The average Bonchev–Trinajstić information content (AvgIpc) is 2.53. The first-order chi connectivity index (χ1) is 11.0. The summed E-state index contributed by atoms with van der Waals surface area (Å²) >= 11 is 3.48. The molecular formula is C18H20BrFN2O. The van der Waals surface area contributed by atoms with E-state index >= 15 is 0 Å². The minimum absolute atomic E-state index is 0.00536. The number of carbonyl (C=O) groups is 1. The number of hydrogen-bond acceptors (Lipinski definition) is 2. The van der Waals surface area contributed by atoms with Crippen LogP contribution in [-0.2, 0) is 11.2 Å². The van der Waals surface area contributed by atoms with Gasteiger partial charge in [-0.1, -0.05) is 34.1 Å². The molecular weight excluding hydrogens is 359 g/mol. The molecule has 1 amide bonds. The standard InChI is InChI=1S/C18H20BrFN2O/c1-13-2-7-16(12-17(13)19)21-11-9-18(23)22-10-8-14-3-5-15(20)6-4-14/h2-7,12,21H,8-11H2,1H3,(H,22,23). The maximum absolute atomic E-state index is 12.8. The van der Waals surface area contributed by atoms with Gasteiger partial charge in [0.05, 0.1) is 0 Å². The Bertz CT molecular complexity index is 659. The van der Waals surface area contributed by atoms with Crippen LogP contribution in [0.25, 0.3) is 0 Å². The topological polar surface area (TPSA) is 41.1 Å². The second kappa shape index (κ2) is 8.67. The lowest BCUT2D eigenvalue weighted by Gasteiger charge is -2.09. The van der Waals surface area contributed by atoms with Gasteiger partial charge in [-0.05, 0) is 48.7 Å². The third kappa shape index (κ3) is 6.02. The third-order valence-corrected chi connectivity index (χ3v) is 4.36. The molecule has 2 N–H and O–H groups in total. The largest absolute Gasteiger partial charge is 0.384 e. The summed E-state index contributed by atoms with van der Waals surface area (Å²) in [6.07, 6.45) is 1.11. The van der Waals surface area contributed by atoms with E-state index in [0.29, 0.717) is 25.9 Å². The first-order valence-electron chi connectivity index (χ1n) is 7.56. The molecule has 0 aliphatic carbocycles. The van der Waals surface area contributed by atoms with Crippen molar-refractivity contribution in [2.24, 2.45) is 0 Å². The molecule has 2 aromatic carbocycles. The number of halogens is 2. The van der Waals surface area contributed by atoms with Crippen LogP contribution in [0.4, 0.5) is 10.1 Å². The van der Waals surface area contributed by atoms with Crippen molar-refractivity contribution in [1.29, 1.82) is 0 Å². The quantitative estimate of drug-likeness (QED) is 0.762. The van der Waals surface area contributed by atoms with Crippen LogP contribution in [0.15, 0.2) is 46.9 Å². The molecule has 0 spiro atoms. The monoisotopic (exact) mass is 378 g/mol. The van der Waals surface area contributed by atoms with Crippen molar-refractivity contribution in [1.82, 2.24) is 5.32 Å². The van der Waals surface area contributed by atoms with Gasteiger partial charge in [0.2, 0.25) is 5.91 Å². The van der Waals surface area contributed by atoms with Crippen LogP contribution in [0.2, 0.25) is 0 Å². The van der Waals surface area contributed by atoms with Gasteiger partial charge in [0.1, 0.15) is 5.82 Å². The number of aryl methyl sites for hydroxylation is 1. The molecule has 0 aromatic heterocycles. The summed E-state index contributed by atoms with van der Waals surface area (Å²) in [6.45, 7) is 3.17. The molecule has 0 unspecified atom stereocenters. The number of nitrogens with one attached hydrogen (secondary N) is 2. The van der Waals surface area contributed by atoms with Gasteiger partial charge in [-0.2, -0.15) is 0 Å². The Morgan fingerprint density at radius 2 is 1.87 bits per heavy atom. The number of carbonyl (C=O) groups excluding carboxylic acids is 1. The van der Waals surface area contributed by atoms with Crippen molar-refractivity contribution in [3.05, 3.63) is 63.9 Å². The van der Waals surface area contributed by atoms with E-state index in [2.05, 4.69) is 26.6 Å². The van der Waals surface area contributed by atoms with E-state index in [4.69, 9.17) is 0 Å². The molecule has 0 aliphatic rings. The average molecular weight is 379 g/mol. The van der Waals surface area contributed by atoms with Crippen molar-refractivity contribution < 1.29 is 9.18 Å². The van der Waals surface area contributed by atoms with Crippen LogP contribution in [0, 0.1) is 12.7 Å². The molecule has 0 saturated carbocycles. The highest BCUT2D eigenvalue weighted by molar-refractivity contribution is 9.10. The molecule has 0 bridgehead atoms. The zero-order chi connectivity index (χ0) is 16.7. The normalized spacial score (nSPS) is 10.4. The van der Waals surface area contributed by atoms with Crippen molar-refractivity contribution in [2.45, 2.75) is 19.8 Å². The van der Waals surface area contributed by atoms with E-state index in [1.54, 1.807) is 12.1 Å². The summed E-state index contributed by atoms with van der Waals surface area (Å²) in [4.78, 5) is 11.8. The van der Waals surface area contributed by atoms with Gasteiger partial charge in [0.15, 0.2) is 0 Å². The van der Waals surface area contributed by atoms with Gasteiger partial charge < -0.3 is 10.6 Å². The molecule has 2 rings (SSSR count). The van der Waals surface area contributed by atoms with E-state index in [-0.39, 0.29) is 11.7 Å². The SMILES string of the molecule is Cc1ccc(NCCC(=O)NCCc2ccc(F)cc2)cc1Br. The highest BCUT2D eigenvalue weighted by atomic mass is 79.9. The van der Waals surface area contributed by atoms with Crippen LogP contribution in [0.3, 0.4) is 0 Å². The first-order valence-corrected chi connectivity index (χ1v) is 8.35. The summed E-state index contributed by atoms with van der Waals surface area (Å²) in [6, 6.07) is 12.3. The van der Waals surface area contributed by atoms with Crippen LogP contribution in [-0.4, -0.2) is 19.0 Å². The van der Waals surface area contributed by atoms with Gasteiger partial charge in [-0.25, -0.2) is 4.39 Å². The summed E-state index contributed by atoms with van der Waals surface area (Å²) in [5.41, 5.74) is 3.17. The maximum Gasteiger partial charge on any atom is 0.221 e. The maximum atomic E-state index is 12.8. The highest BCUT2D eigenvalue weighted by Gasteiger charge is 2.02. The Balaban J connectivity index is 1.65. The van der Waals surface area contributed by atoms with Gasteiger partial charge >= 0.3 is 0 Å². The Morgan fingerprint density at radius 1 is 1.13 bits per heavy atom. The van der Waals surface area contributed by atoms with Crippen molar-refractivity contribution in [3.63, 3.8) is 0 Å². The second-order valence-electron chi connectivity index (χ2n) is 5.37. The lowest BCUT2D eigenvalue weighted by molar-refractivity contribution is -0.120. The lowest BCUT2D eigenvalue weighted by atomic mass is 10.1. The molecule has 23 heavy (non-hydrogen) atoms. The zero-order valence-corrected chi connectivity index (χ0v) is 14.6. The number of amides is 1. The molecule has 0 heterocycles. The van der Waals surface area contributed by atoms with E-state index in [1.807, 2.05) is 25.1 Å². The summed E-state index contributed by atoms with van der Waals surface area (Å²) in [5.74, 6) is -0.239. The number of hydrogen-bond donors (Lipinski definition) is 2. The smallest absolute Gasteiger partial charge is 0.221 e. The number of anilines is 1. The van der Waals surface area contributed by atoms with Crippen LogP contribution < -0.4 is 10.6 Å². The van der Waals surface area contributed by atoms with Crippen LogP contribution in [0.1, 0.15) is 17.5 Å². The zero-order valence-electron chi connectivity index (χ0n) is 13.0. The summed E-state index contributed by atoms with van der Waals surface area (Å²) < 4.78 is 13.8. The van der Waals surface area contributed by atoms with Crippen molar-refractivity contribution >= 4 is 27.5 Å². The molecule has 122 valence electrons. The highest BCUT2D eigenvalue weighted by Crippen LogP contribution is 2.20. The fourth-order valence-corrected chi connectivity index (χ4v) is 2.49. The van der Waals surface area contributed by atoms with Crippen molar-refractivity contribution in [2.75, 3.05) is 18.4 Å². The lowest BCUT2D eigenvalue weighted by Crippen LogP contribution is -2.27. The third-order valence-electron chi connectivity index (χ3n) is 3.50. The van der Waals surface area contributed by atoms with E-state index < -0.39 is 0 Å². The number of benzene rings is 2. The van der Waals surface area contributed by atoms with Crippen LogP contribution >= 0.6 is 15.9 Å². The fourth-order valence-electron chi connectivity index (χ4n) is 2.11. The summed E-state index contributed by atoms with van der Waals surface area (Å²) in [7, 11) is 0. The minimum atomic E-state index is -0.244. The van der Waals surface area contributed by atoms with Gasteiger partial charge in [-0.15, -0.1) is 0 Å². The second-order valence-corrected chi connectivity index (χ2v) is 6.22. The van der Waals surface area contributed by atoms with Gasteiger partial charge in [0.25, 0.3) is 0 Å². The molecule has 3 nitrogen and oxygen atoms in total. The Kier molecular flexibility index (Phi) is 6.59. The minimum Gasteiger partial charge on any atom is -0.384 e. The Hall–Kier alpha value is -1.88. The van der Waals surface area contributed by atoms with Crippen molar-refractivity contribution in [3.8, 4) is 0 Å². The molecule has 0 aliphatic heterocycles. The first kappa shape index (κ1) is 17.5. The molecule has 0 atom stereocenters. The molecule has 0 saturated heterocycles. The van der Waals surface area contributed by atoms with E-state index in [0.717, 1.165) is 15.7 Å². The predicted molar refractivity (Wildman–Crippen MR) is 95.1 cm³/mol. The van der Waals surface area contributed by atoms with E-state index in [9.17, 15) is 9.18 Å². The number of rotatable bonds is 7. The van der Waals surface area contributed by atoms with Gasteiger partial charge in [0, 0.05) is 29.7 Å². The van der Waals surface area contributed by atoms with Gasteiger partial charge in [-0.3, -0.25) is 4.79 Å². The molecule has 0 radical (unpaired) electrons. The molecule has 0 fully saturated rings. The fraction of sp³-hybridized carbons (Fsp3) is 0.278.